The Morgan fingerprint density at radius 3 is 2.37 bits per heavy atom. The lowest BCUT2D eigenvalue weighted by Crippen LogP contribution is -2.41. The third-order valence-electron chi connectivity index (χ3n) is 4.11. The van der Waals surface area contributed by atoms with Crippen molar-refractivity contribution in [1.82, 2.24) is 5.32 Å². The molecule has 0 saturated carbocycles. The van der Waals surface area contributed by atoms with Crippen molar-refractivity contribution in [3.05, 3.63) is 69.8 Å². The maximum absolute atomic E-state index is 12.4. The smallest absolute Gasteiger partial charge is 0.274 e. The number of benzene rings is 2. The molecule has 0 aliphatic rings. The Morgan fingerprint density at radius 2 is 1.81 bits per heavy atom. The van der Waals surface area contributed by atoms with Crippen LogP contribution in [0.1, 0.15) is 24.1 Å². The average molecular weight is 391 g/mol. The maximum atomic E-state index is 12.4. The SMILES string of the molecule is Cc1c(N(CC(=O)NC(C)c2ccccc2)S(C)(=O)=O)cccc1[N+](=O)[O-]. The Hall–Kier alpha value is -2.94. The van der Waals surface area contributed by atoms with Gasteiger partial charge in [0.15, 0.2) is 0 Å². The number of carbonyl (C=O) groups excluding carboxylic acids is 1. The summed E-state index contributed by atoms with van der Waals surface area (Å²) >= 11 is 0. The minimum absolute atomic E-state index is 0.106. The molecule has 1 unspecified atom stereocenters. The zero-order valence-electron chi connectivity index (χ0n) is 15.2. The van der Waals surface area contributed by atoms with Crippen LogP contribution in [0.5, 0.6) is 0 Å². The largest absolute Gasteiger partial charge is 0.348 e. The van der Waals surface area contributed by atoms with Gasteiger partial charge in [0.05, 0.1) is 28.5 Å². The number of nitro groups is 1. The van der Waals surface area contributed by atoms with Gasteiger partial charge in [-0.1, -0.05) is 36.4 Å². The van der Waals surface area contributed by atoms with Crippen LogP contribution in [0.15, 0.2) is 48.5 Å². The van der Waals surface area contributed by atoms with Crippen LogP contribution in [0.25, 0.3) is 0 Å². The van der Waals surface area contributed by atoms with Gasteiger partial charge in [-0.25, -0.2) is 8.42 Å². The molecular formula is C18H21N3O5S. The highest BCUT2D eigenvalue weighted by Gasteiger charge is 2.26. The topological polar surface area (TPSA) is 110 Å². The summed E-state index contributed by atoms with van der Waals surface area (Å²) in [6, 6.07) is 13.0. The molecule has 0 fully saturated rings. The molecule has 0 spiro atoms. The molecule has 8 nitrogen and oxygen atoms in total. The normalized spacial score (nSPS) is 12.3. The van der Waals surface area contributed by atoms with Gasteiger partial charge in [-0.05, 0) is 25.5 Å². The molecule has 2 rings (SSSR count). The van der Waals surface area contributed by atoms with Gasteiger partial charge in [0, 0.05) is 6.07 Å². The van der Waals surface area contributed by atoms with Crippen molar-refractivity contribution in [2.24, 2.45) is 0 Å². The lowest BCUT2D eigenvalue weighted by atomic mass is 10.1. The summed E-state index contributed by atoms with van der Waals surface area (Å²) in [6.45, 7) is 2.77. The van der Waals surface area contributed by atoms with Crippen LogP contribution >= 0.6 is 0 Å². The second-order valence-corrected chi connectivity index (χ2v) is 8.05. The first kappa shape index (κ1) is 20.4. The Labute approximate surface area is 158 Å². The van der Waals surface area contributed by atoms with Crippen molar-refractivity contribution < 1.29 is 18.1 Å². The molecular weight excluding hydrogens is 370 g/mol. The van der Waals surface area contributed by atoms with E-state index in [4.69, 9.17) is 0 Å². The van der Waals surface area contributed by atoms with Gasteiger partial charge in [0.1, 0.15) is 6.54 Å². The Kier molecular flexibility index (Phi) is 6.17. The average Bonchev–Trinajstić information content (AvgIpc) is 2.59. The number of nitro benzene ring substituents is 1. The maximum Gasteiger partial charge on any atom is 0.274 e. The fourth-order valence-corrected chi connectivity index (χ4v) is 3.61. The summed E-state index contributed by atoms with van der Waals surface area (Å²) in [7, 11) is -3.83. The first-order valence-corrected chi connectivity index (χ1v) is 10.0. The zero-order valence-corrected chi connectivity index (χ0v) is 16.1. The molecule has 9 heteroatoms. The highest BCUT2D eigenvalue weighted by Crippen LogP contribution is 2.29. The van der Waals surface area contributed by atoms with E-state index < -0.39 is 27.4 Å². The summed E-state index contributed by atoms with van der Waals surface area (Å²) in [6.07, 6.45) is 0.958. The van der Waals surface area contributed by atoms with Crippen LogP contribution in [0, 0.1) is 17.0 Å². The number of amides is 1. The molecule has 1 N–H and O–H groups in total. The molecule has 0 saturated heterocycles. The first-order valence-electron chi connectivity index (χ1n) is 8.17. The minimum Gasteiger partial charge on any atom is -0.348 e. The number of anilines is 1. The molecule has 2 aromatic carbocycles. The van der Waals surface area contributed by atoms with Crippen LogP contribution in [-0.2, 0) is 14.8 Å². The number of nitrogens with one attached hydrogen (secondary N) is 1. The summed E-state index contributed by atoms with van der Waals surface area (Å²) in [5.41, 5.74) is 0.952. The predicted molar refractivity (Wildman–Crippen MR) is 103 cm³/mol. The molecule has 0 radical (unpaired) electrons. The van der Waals surface area contributed by atoms with Gasteiger partial charge in [-0.15, -0.1) is 0 Å². The molecule has 27 heavy (non-hydrogen) atoms. The third kappa shape index (κ3) is 5.04. The monoisotopic (exact) mass is 391 g/mol. The van der Waals surface area contributed by atoms with E-state index in [1.165, 1.54) is 25.1 Å². The molecule has 1 amide bonds. The van der Waals surface area contributed by atoms with Crippen molar-refractivity contribution in [2.75, 3.05) is 17.1 Å². The van der Waals surface area contributed by atoms with E-state index in [-0.39, 0.29) is 23.0 Å². The van der Waals surface area contributed by atoms with Gasteiger partial charge in [0.25, 0.3) is 5.69 Å². The number of nitrogens with zero attached hydrogens (tertiary/aromatic N) is 2. The van der Waals surface area contributed by atoms with Crippen LogP contribution in [0.4, 0.5) is 11.4 Å². The van der Waals surface area contributed by atoms with Crippen LogP contribution < -0.4 is 9.62 Å². The number of hydrogen-bond donors (Lipinski definition) is 1. The minimum atomic E-state index is -3.83. The van der Waals surface area contributed by atoms with E-state index in [0.29, 0.717) is 0 Å². The Balaban J connectivity index is 2.27. The van der Waals surface area contributed by atoms with Crippen LogP contribution in [-0.4, -0.2) is 32.0 Å². The molecule has 0 aliphatic heterocycles. The van der Waals surface area contributed by atoms with Crippen molar-refractivity contribution in [1.29, 1.82) is 0 Å². The van der Waals surface area contributed by atoms with Crippen LogP contribution in [0.3, 0.4) is 0 Å². The predicted octanol–water partition coefficient (Wildman–Crippen LogP) is 2.55. The van der Waals surface area contributed by atoms with E-state index in [2.05, 4.69) is 5.32 Å². The van der Waals surface area contributed by atoms with Gasteiger partial charge >= 0.3 is 0 Å². The van der Waals surface area contributed by atoms with Gasteiger partial charge < -0.3 is 5.32 Å². The van der Waals surface area contributed by atoms with E-state index in [9.17, 15) is 23.3 Å². The first-order chi connectivity index (χ1) is 12.6. The van der Waals surface area contributed by atoms with E-state index in [0.717, 1.165) is 16.1 Å². The van der Waals surface area contributed by atoms with E-state index in [1.807, 2.05) is 30.3 Å². The van der Waals surface area contributed by atoms with Gasteiger partial charge in [-0.2, -0.15) is 0 Å². The molecule has 0 aliphatic carbocycles. The fourth-order valence-electron chi connectivity index (χ4n) is 2.70. The highest BCUT2D eigenvalue weighted by molar-refractivity contribution is 7.92. The van der Waals surface area contributed by atoms with E-state index >= 15 is 0 Å². The van der Waals surface area contributed by atoms with Crippen LogP contribution in [0.2, 0.25) is 0 Å². The molecule has 2 aromatic rings. The van der Waals surface area contributed by atoms with Crippen molar-refractivity contribution >= 4 is 27.3 Å². The lowest BCUT2D eigenvalue weighted by Gasteiger charge is -2.24. The number of carbonyl (C=O) groups is 1. The number of rotatable bonds is 7. The summed E-state index contributed by atoms with van der Waals surface area (Å²) < 4.78 is 25.3. The number of hydrogen-bond acceptors (Lipinski definition) is 5. The summed E-state index contributed by atoms with van der Waals surface area (Å²) in [4.78, 5) is 23.0. The standard InChI is InChI=1S/C18H21N3O5S/c1-13-16(10-7-11-17(13)21(23)24)20(27(3,25)26)12-18(22)19-14(2)15-8-5-4-6-9-15/h4-11,14H,12H2,1-3H3,(H,19,22). The quantitative estimate of drug-likeness (QED) is 0.576. The Morgan fingerprint density at radius 1 is 1.19 bits per heavy atom. The molecule has 0 bridgehead atoms. The van der Waals surface area contributed by atoms with E-state index in [1.54, 1.807) is 6.92 Å². The summed E-state index contributed by atoms with van der Waals surface area (Å²) in [5.74, 6) is -0.511. The molecule has 144 valence electrons. The zero-order chi connectivity index (χ0) is 20.2. The lowest BCUT2D eigenvalue weighted by molar-refractivity contribution is -0.385. The fraction of sp³-hybridized carbons (Fsp3) is 0.278. The van der Waals surface area contributed by atoms with Gasteiger partial charge in [0.2, 0.25) is 15.9 Å². The van der Waals surface area contributed by atoms with Crippen molar-refractivity contribution in [2.45, 2.75) is 19.9 Å². The molecule has 1 atom stereocenters. The Bertz CT molecular complexity index is 945. The third-order valence-corrected chi connectivity index (χ3v) is 5.23. The second-order valence-electron chi connectivity index (χ2n) is 6.15. The molecule has 0 heterocycles. The van der Waals surface area contributed by atoms with Crippen molar-refractivity contribution in [3.8, 4) is 0 Å². The molecule has 0 aromatic heterocycles. The number of sulfonamides is 1. The second kappa shape index (κ2) is 8.17. The van der Waals surface area contributed by atoms with Crippen molar-refractivity contribution in [3.63, 3.8) is 0 Å². The highest BCUT2D eigenvalue weighted by atomic mass is 32.2. The summed E-state index contributed by atoms with van der Waals surface area (Å²) in [5, 5.41) is 13.9. The van der Waals surface area contributed by atoms with Gasteiger partial charge in [-0.3, -0.25) is 19.2 Å².